The Kier molecular flexibility index (Phi) is 3.58. The van der Waals surface area contributed by atoms with E-state index in [2.05, 4.69) is 69.9 Å². The summed E-state index contributed by atoms with van der Waals surface area (Å²) in [6.07, 6.45) is 0. The molecule has 82 valence electrons. The van der Waals surface area contributed by atoms with Gasteiger partial charge in [0.05, 0.1) is 0 Å². The Morgan fingerprint density at radius 3 is 1.50 bits per heavy atom. The zero-order valence-electron chi connectivity index (χ0n) is 9.56. The third-order valence-corrected chi connectivity index (χ3v) is 6.14. The fourth-order valence-corrected chi connectivity index (χ4v) is 3.25. The molecule has 0 radical (unpaired) electrons. The van der Waals surface area contributed by atoms with Gasteiger partial charge < -0.3 is 0 Å². The van der Waals surface area contributed by atoms with Crippen molar-refractivity contribution < 1.29 is 0 Å². The van der Waals surface area contributed by atoms with Gasteiger partial charge in [-0.25, -0.2) is 0 Å². The highest BCUT2D eigenvalue weighted by Crippen LogP contribution is 2.41. The summed E-state index contributed by atoms with van der Waals surface area (Å²) >= 11 is 0. The van der Waals surface area contributed by atoms with Gasteiger partial charge in [-0.1, -0.05) is 60.7 Å². The largest absolute Gasteiger partial charge is 0.122 e. The third-order valence-electron chi connectivity index (χ3n) is 3.14. The monoisotopic (exact) mass is 244 g/mol. The van der Waals surface area contributed by atoms with E-state index in [0.29, 0.717) is 0 Å². The summed E-state index contributed by atoms with van der Waals surface area (Å²) in [5, 5.41) is 0.106. The van der Waals surface area contributed by atoms with Gasteiger partial charge in [0.2, 0.25) is 0 Å². The summed E-state index contributed by atoms with van der Waals surface area (Å²) < 4.78 is 0. The predicted octanol–water partition coefficient (Wildman–Crippen LogP) is 2.59. The van der Waals surface area contributed by atoms with Crippen LogP contribution in [0.5, 0.6) is 0 Å². The molecule has 0 bridgehead atoms. The highest BCUT2D eigenvalue weighted by atomic mass is 31.0. The first-order chi connectivity index (χ1) is 7.77. The molecule has 0 aliphatic heterocycles. The van der Waals surface area contributed by atoms with E-state index in [9.17, 15) is 0 Å². The van der Waals surface area contributed by atoms with Gasteiger partial charge in [-0.15, -0.1) is 9.24 Å². The van der Waals surface area contributed by atoms with E-state index in [1.54, 1.807) is 0 Å². The van der Waals surface area contributed by atoms with Crippen LogP contribution in [0.15, 0.2) is 60.7 Å². The predicted molar refractivity (Wildman–Crippen MR) is 78.1 cm³/mol. The lowest BCUT2D eigenvalue weighted by atomic mass is 9.92. The molecule has 2 rings (SSSR count). The number of benzene rings is 2. The van der Waals surface area contributed by atoms with E-state index < -0.39 is 0 Å². The molecule has 0 N–H and O–H groups in total. The lowest BCUT2D eigenvalue weighted by Gasteiger charge is -2.29. The Morgan fingerprint density at radius 1 is 0.812 bits per heavy atom. The fraction of sp³-hybridized carbons (Fsp3) is 0.143. The minimum Gasteiger partial charge on any atom is -0.122 e. The van der Waals surface area contributed by atoms with E-state index in [1.165, 1.54) is 27.4 Å². The van der Waals surface area contributed by atoms with Gasteiger partial charge >= 0.3 is 0 Å². The van der Waals surface area contributed by atoms with Crippen molar-refractivity contribution in [1.82, 2.24) is 0 Å². The molecule has 0 aliphatic rings. The minimum atomic E-state index is 0.106. The number of rotatable bonds is 3. The van der Waals surface area contributed by atoms with Crippen LogP contribution in [0, 0.1) is 0 Å². The van der Waals surface area contributed by atoms with Crippen molar-refractivity contribution in [3.63, 3.8) is 0 Å². The fourth-order valence-electron chi connectivity index (χ4n) is 2.05. The van der Waals surface area contributed by atoms with Crippen molar-refractivity contribution in [1.29, 1.82) is 0 Å². The maximum atomic E-state index is 3.06. The Balaban J connectivity index is 2.49. The van der Waals surface area contributed by atoms with E-state index in [1.807, 2.05) is 0 Å². The standard InChI is InChI=1S/C14H17PSi/c15-14(11-16,12-7-3-1-4-8-12)13-9-5-2-6-10-13/h1-10H,11,15H2,16H3. The van der Waals surface area contributed by atoms with Gasteiger partial charge in [0.15, 0.2) is 0 Å². The van der Waals surface area contributed by atoms with E-state index >= 15 is 0 Å². The normalized spacial score (nSPS) is 11.6. The molecule has 0 saturated heterocycles. The quantitative estimate of drug-likeness (QED) is 0.575. The molecule has 2 heteroatoms. The first kappa shape index (κ1) is 11.6. The van der Waals surface area contributed by atoms with Crippen LogP contribution < -0.4 is 0 Å². The average Bonchev–Trinajstić information content (AvgIpc) is 2.40. The van der Waals surface area contributed by atoms with Crippen molar-refractivity contribution in [3.8, 4) is 0 Å². The van der Waals surface area contributed by atoms with E-state index in [4.69, 9.17) is 0 Å². The lowest BCUT2D eigenvalue weighted by Crippen LogP contribution is -2.18. The average molecular weight is 244 g/mol. The van der Waals surface area contributed by atoms with Crippen LogP contribution in [0.1, 0.15) is 11.1 Å². The molecule has 2 aromatic rings. The molecule has 0 saturated carbocycles. The maximum Gasteiger partial charge on any atom is 0.0313 e. The Labute approximate surface area is 103 Å². The van der Waals surface area contributed by atoms with Crippen molar-refractivity contribution in [2.75, 3.05) is 0 Å². The van der Waals surface area contributed by atoms with Gasteiger partial charge in [-0.05, 0) is 17.2 Å². The molecule has 0 heterocycles. The van der Waals surface area contributed by atoms with Gasteiger partial charge in [-0.2, -0.15) is 0 Å². The first-order valence-corrected chi connectivity index (χ1v) is 7.66. The Morgan fingerprint density at radius 2 is 1.19 bits per heavy atom. The summed E-state index contributed by atoms with van der Waals surface area (Å²) in [6, 6.07) is 22.7. The molecular weight excluding hydrogens is 227 g/mol. The second-order valence-electron chi connectivity index (χ2n) is 4.06. The Hall–Kier alpha value is -0.913. The summed E-state index contributed by atoms with van der Waals surface area (Å²) in [5.74, 6) is 0. The minimum absolute atomic E-state index is 0.106. The van der Waals surface area contributed by atoms with Gasteiger partial charge in [-0.3, -0.25) is 0 Å². The molecule has 0 spiro atoms. The van der Waals surface area contributed by atoms with Crippen LogP contribution in [0.2, 0.25) is 6.04 Å². The molecule has 2 aromatic carbocycles. The lowest BCUT2D eigenvalue weighted by molar-refractivity contribution is 0.837. The van der Waals surface area contributed by atoms with Crippen LogP contribution in [-0.2, 0) is 5.16 Å². The molecule has 0 aliphatic carbocycles. The topological polar surface area (TPSA) is 0 Å². The highest BCUT2D eigenvalue weighted by Gasteiger charge is 2.26. The molecular formula is C14H17PSi. The SMILES string of the molecule is [SiH3]CC(P)(c1ccccc1)c1ccccc1. The van der Waals surface area contributed by atoms with E-state index in [-0.39, 0.29) is 5.16 Å². The second kappa shape index (κ2) is 4.95. The van der Waals surface area contributed by atoms with Gasteiger partial charge in [0.25, 0.3) is 0 Å². The van der Waals surface area contributed by atoms with Crippen LogP contribution in [0.25, 0.3) is 0 Å². The van der Waals surface area contributed by atoms with Crippen molar-refractivity contribution in [2.24, 2.45) is 0 Å². The third kappa shape index (κ3) is 2.11. The molecule has 16 heavy (non-hydrogen) atoms. The van der Waals surface area contributed by atoms with Crippen molar-refractivity contribution in [2.45, 2.75) is 11.2 Å². The maximum absolute atomic E-state index is 3.06. The molecule has 0 fully saturated rings. The first-order valence-electron chi connectivity index (χ1n) is 5.67. The highest BCUT2D eigenvalue weighted by molar-refractivity contribution is 7.19. The van der Waals surface area contributed by atoms with Crippen LogP contribution >= 0.6 is 9.24 Å². The molecule has 0 amide bonds. The van der Waals surface area contributed by atoms with Gasteiger partial charge in [0.1, 0.15) is 0 Å². The zero-order valence-corrected chi connectivity index (χ0v) is 12.7. The molecule has 1 unspecified atom stereocenters. The summed E-state index contributed by atoms with van der Waals surface area (Å²) in [6.45, 7) is 0. The summed E-state index contributed by atoms with van der Waals surface area (Å²) in [7, 11) is 4.25. The number of hydrogen-bond acceptors (Lipinski definition) is 0. The molecule has 0 nitrogen and oxygen atoms in total. The second-order valence-corrected chi connectivity index (χ2v) is 5.75. The smallest absolute Gasteiger partial charge is 0.0313 e. The number of hydrogen-bond donors (Lipinski definition) is 0. The van der Waals surface area contributed by atoms with Crippen molar-refractivity contribution in [3.05, 3.63) is 71.8 Å². The molecule has 0 aromatic heterocycles. The summed E-state index contributed by atoms with van der Waals surface area (Å²) in [5.41, 5.74) is 2.78. The van der Waals surface area contributed by atoms with Crippen LogP contribution in [0.3, 0.4) is 0 Å². The Bertz CT molecular complexity index is 399. The summed E-state index contributed by atoms with van der Waals surface area (Å²) in [4.78, 5) is 0. The van der Waals surface area contributed by atoms with E-state index in [0.717, 1.165) is 0 Å². The zero-order chi connectivity index (χ0) is 11.4. The van der Waals surface area contributed by atoms with Gasteiger partial charge in [0, 0.05) is 15.4 Å². The van der Waals surface area contributed by atoms with Crippen LogP contribution in [0.4, 0.5) is 0 Å². The van der Waals surface area contributed by atoms with Crippen molar-refractivity contribution >= 4 is 19.5 Å². The van der Waals surface area contributed by atoms with Crippen LogP contribution in [-0.4, -0.2) is 10.2 Å². The molecule has 1 atom stereocenters.